The van der Waals surface area contributed by atoms with E-state index < -0.39 is 0 Å². The minimum atomic E-state index is 0.0157. The molecule has 3 saturated heterocycles. The van der Waals surface area contributed by atoms with E-state index in [0.717, 1.165) is 37.4 Å². The number of rotatable bonds is 3. The molecule has 3 rings (SSSR count). The first-order valence-electron chi connectivity index (χ1n) is 6.93. The molecule has 0 unspecified atom stereocenters. The maximum Gasteiger partial charge on any atom is 0.267 e. The molecule has 0 radical (unpaired) electrons. The van der Waals surface area contributed by atoms with Crippen LogP contribution in [0.25, 0.3) is 0 Å². The second-order valence-electron chi connectivity index (χ2n) is 5.06. The summed E-state index contributed by atoms with van der Waals surface area (Å²) in [5.41, 5.74) is 0. The molecule has 0 aromatic heterocycles. The highest BCUT2D eigenvalue weighted by Crippen LogP contribution is 2.32. The molecule has 20 heavy (non-hydrogen) atoms. The predicted molar refractivity (Wildman–Crippen MR) is 81.4 cm³/mol. The highest BCUT2D eigenvalue weighted by Gasteiger charge is 2.35. The Bertz CT molecular complexity index is 429. The molecule has 1 amide bonds. The monoisotopic (exact) mass is 314 g/mol. The minimum Gasteiger partial charge on any atom is -0.378 e. The SMILES string of the molecule is O=C1/C(=C/N2CCOCC2)SC(=S)N1C[C@@H]1CCCO1. The van der Waals surface area contributed by atoms with Crippen LogP contribution in [0.4, 0.5) is 0 Å². The standard InChI is InChI=1S/C13H18N2O3S2/c16-12-11(9-14-3-6-17-7-4-14)20-13(19)15(12)8-10-2-1-5-18-10/h9-10H,1-8H2/b11-9-/t10-/m0/s1. The van der Waals surface area contributed by atoms with Gasteiger partial charge in [0, 0.05) is 25.9 Å². The van der Waals surface area contributed by atoms with Crippen LogP contribution in [0.15, 0.2) is 11.1 Å². The summed E-state index contributed by atoms with van der Waals surface area (Å²) in [6.07, 6.45) is 4.15. The van der Waals surface area contributed by atoms with E-state index in [1.807, 2.05) is 6.20 Å². The van der Waals surface area contributed by atoms with Crippen molar-refractivity contribution in [3.8, 4) is 0 Å². The third kappa shape index (κ3) is 3.16. The number of thioether (sulfide) groups is 1. The molecule has 1 atom stereocenters. The van der Waals surface area contributed by atoms with Crippen LogP contribution in [0.5, 0.6) is 0 Å². The normalized spacial score (nSPS) is 29.8. The molecule has 0 spiro atoms. The Kier molecular flexibility index (Phi) is 4.60. The first kappa shape index (κ1) is 14.3. The molecular formula is C13H18N2O3S2. The van der Waals surface area contributed by atoms with Crippen LogP contribution < -0.4 is 0 Å². The Morgan fingerprint density at radius 3 is 2.85 bits per heavy atom. The van der Waals surface area contributed by atoms with Gasteiger partial charge < -0.3 is 14.4 Å². The molecule has 7 heteroatoms. The topological polar surface area (TPSA) is 42.0 Å². The minimum absolute atomic E-state index is 0.0157. The van der Waals surface area contributed by atoms with Gasteiger partial charge in [0.25, 0.3) is 5.91 Å². The largest absolute Gasteiger partial charge is 0.378 e. The molecule has 3 heterocycles. The Hall–Kier alpha value is -0.630. The van der Waals surface area contributed by atoms with Gasteiger partial charge >= 0.3 is 0 Å². The molecule has 0 aromatic carbocycles. The summed E-state index contributed by atoms with van der Waals surface area (Å²) < 4.78 is 11.5. The number of amides is 1. The lowest BCUT2D eigenvalue weighted by Crippen LogP contribution is -2.36. The summed E-state index contributed by atoms with van der Waals surface area (Å²) >= 11 is 6.72. The van der Waals surface area contributed by atoms with E-state index in [2.05, 4.69) is 4.90 Å². The summed E-state index contributed by atoms with van der Waals surface area (Å²) in [6, 6.07) is 0. The van der Waals surface area contributed by atoms with E-state index in [4.69, 9.17) is 21.7 Å². The van der Waals surface area contributed by atoms with Crippen molar-refractivity contribution in [2.45, 2.75) is 18.9 Å². The van der Waals surface area contributed by atoms with E-state index in [-0.39, 0.29) is 12.0 Å². The fourth-order valence-corrected chi connectivity index (χ4v) is 3.79. The van der Waals surface area contributed by atoms with Crippen LogP contribution in [0, 0.1) is 0 Å². The molecule has 0 N–H and O–H groups in total. The van der Waals surface area contributed by atoms with E-state index in [1.54, 1.807) is 4.90 Å². The lowest BCUT2D eigenvalue weighted by Gasteiger charge is -2.25. The maximum absolute atomic E-state index is 12.4. The zero-order valence-corrected chi connectivity index (χ0v) is 12.9. The van der Waals surface area contributed by atoms with E-state index in [0.29, 0.717) is 24.1 Å². The van der Waals surface area contributed by atoms with Crippen LogP contribution in [-0.2, 0) is 14.3 Å². The zero-order valence-electron chi connectivity index (χ0n) is 11.2. The number of ether oxygens (including phenoxy) is 2. The quantitative estimate of drug-likeness (QED) is 0.576. The van der Waals surface area contributed by atoms with Gasteiger partial charge in [0.1, 0.15) is 4.32 Å². The zero-order chi connectivity index (χ0) is 13.9. The van der Waals surface area contributed by atoms with Gasteiger partial charge in [-0.2, -0.15) is 0 Å². The van der Waals surface area contributed by atoms with Gasteiger partial charge in [-0.05, 0) is 12.8 Å². The van der Waals surface area contributed by atoms with Crippen LogP contribution in [0.3, 0.4) is 0 Å². The number of morpholine rings is 1. The van der Waals surface area contributed by atoms with Crippen LogP contribution in [0.2, 0.25) is 0 Å². The second-order valence-corrected chi connectivity index (χ2v) is 6.74. The highest BCUT2D eigenvalue weighted by atomic mass is 32.2. The lowest BCUT2D eigenvalue weighted by atomic mass is 10.2. The van der Waals surface area contributed by atoms with E-state index >= 15 is 0 Å². The van der Waals surface area contributed by atoms with Crippen molar-refractivity contribution >= 4 is 34.2 Å². The number of nitrogens with zero attached hydrogens (tertiary/aromatic N) is 2. The van der Waals surface area contributed by atoms with Gasteiger partial charge in [-0.15, -0.1) is 0 Å². The van der Waals surface area contributed by atoms with Crippen molar-refractivity contribution in [2.24, 2.45) is 0 Å². The number of carbonyl (C=O) groups is 1. The molecule has 0 saturated carbocycles. The van der Waals surface area contributed by atoms with Gasteiger partial charge in [-0.1, -0.05) is 24.0 Å². The van der Waals surface area contributed by atoms with Crippen LogP contribution in [-0.4, -0.2) is 65.6 Å². The summed E-state index contributed by atoms with van der Waals surface area (Å²) in [5.74, 6) is 0.0157. The van der Waals surface area contributed by atoms with E-state index in [1.165, 1.54) is 11.8 Å². The molecule has 0 aliphatic carbocycles. The number of hydrogen-bond donors (Lipinski definition) is 0. The summed E-state index contributed by atoms with van der Waals surface area (Å²) in [5, 5.41) is 0. The average Bonchev–Trinajstić information content (AvgIpc) is 3.05. The third-order valence-electron chi connectivity index (χ3n) is 3.63. The van der Waals surface area contributed by atoms with E-state index in [9.17, 15) is 4.79 Å². The Morgan fingerprint density at radius 2 is 2.15 bits per heavy atom. The van der Waals surface area contributed by atoms with Gasteiger partial charge in [0.2, 0.25) is 0 Å². The average molecular weight is 314 g/mol. The van der Waals surface area contributed by atoms with Crippen molar-refractivity contribution < 1.29 is 14.3 Å². The first-order chi connectivity index (χ1) is 9.74. The maximum atomic E-state index is 12.4. The number of thiocarbonyl (C=S) groups is 1. The third-order valence-corrected chi connectivity index (χ3v) is 4.99. The fourth-order valence-electron chi connectivity index (χ4n) is 2.51. The molecule has 0 bridgehead atoms. The van der Waals surface area contributed by atoms with Crippen LogP contribution >= 0.6 is 24.0 Å². The smallest absolute Gasteiger partial charge is 0.267 e. The predicted octanol–water partition coefficient (Wildman–Crippen LogP) is 1.20. The van der Waals surface area contributed by atoms with Gasteiger partial charge in [-0.25, -0.2) is 0 Å². The van der Waals surface area contributed by atoms with Crippen molar-refractivity contribution in [1.82, 2.24) is 9.80 Å². The van der Waals surface area contributed by atoms with Crippen molar-refractivity contribution in [3.63, 3.8) is 0 Å². The van der Waals surface area contributed by atoms with Gasteiger partial charge in [0.15, 0.2) is 0 Å². The first-order valence-corrected chi connectivity index (χ1v) is 8.15. The molecule has 3 aliphatic heterocycles. The van der Waals surface area contributed by atoms with Gasteiger partial charge in [0.05, 0.1) is 30.8 Å². The van der Waals surface area contributed by atoms with Crippen molar-refractivity contribution in [2.75, 3.05) is 39.5 Å². The fraction of sp³-hybridized carbons (Fsp3) is 0.692. The van der Waals surface area contributed by atoms with Crippen molar-refractivity contribution in [3.05, 3.63) is 11.1 Å². The summed E-state index contributed by atoms with van der Waals surface area (Å²) in [7, 11) is 0. The highest BCUT2D eigenvalue weighted by molar-refractivity contribution is 8.26. The molecule has 3 aliphatic rings. The number of carbonyl (C=O) groups excluding carboxylic acids is 1. The van der Waals surface area contributed by atoms with Crippen molar-refractivity contribution in [1.29, 1.82) is 0 Å². The summed E-state index contributed by atoms with van der Waals surface area (Å²) in [6.45, 7) is 4.47. The molecule has 5 nitrogen and oxygen atoms in total. The Morgan fingerprint density at radius 1 is 1.35 bits per heavy atom. The molecule has 0 aromatic rings. The van der Waals surface area contributed by atoms with Gasteiger partial charge in [-0.3, -0.25) is 9.69 Å². The second kappa shape index (κ2) is 6.43. The lowest BCUT2D eigenvalue weighted by molar-refractivity contribution is -0.123. The summed E-state index contributed by atoms with van der Waals surface area (Å²) in [4.78, 5) is 16.9. The Balaban J connectivity index is 1.64. The number of hydrogen-bond acceptors (Lipinski definition) is 6. The molecule has 110 valence electrons. The van der Waals surface area contributed by atoms with Crippen LogP contribution in [0.1, 0.15) is 12.8 Å². The molecular weight excluding hydrogens is 296 g/mol. The Labute approximate surface area is 128 Å². The molecule has 3 fully saturated rings.